The number of aliphatic hydroxyl groups is 1. The van der Waals surface area contributed by atoms with Gasteiger partial charge in [0.2, 0.25) is 0 Å². The minimum Gasteiger partial charge on any atom is -0.382 e. The van der Waals surface area contributed by atoms with E-state index in [0.29, 0.717) is 12.4 Å². The fourth-order valence-electron chi connectivity index (χ4n) is 6.69. The van der Waals surface area contributed by atoms with E-state index in [1.54, 1.807) is 6.33 Å². The third-order valence-electron chi connectivity index (χ3n) is 8.70. The Labute approximate surface area is 199 Å². The molecule has 4 heterocycles. The quantitative estimate of drug-likeness (QED) is 0.701. The van der Waals surface area contributed by atoms with Crippen LogP contribution in [0.4, 0.5) is 18.0 Å². The topological polar surface area (TPSA) is 105 Å². The fourth-order valence-corrected chi connectivity index (χ4v) is 6.69. The molecule has 13 heteroatoms. The molecule has 0 atom stereocenters. The van der Waals surface area contributed by atoms with E-state index in [0.717, 1.165) is 75.7 Å². The molecule has 2 saturated heterocycles. The van der Waals surface area contributed by atoms with Gasteiger partial charge in [-0.05, 0) is 44.4 Å². The van der Waals surface area contributed by atoms with Gasteiger partial charge in [-0.3, -0.25) is 0 Å². The second kappa shape index (κ2) is 6.74. The average molecular weight is 493 g/mol. The van der Waals surface area contributed by atoms with E-state index in [1.165, 1.54) is 0 Å². The van der Waals surface area contributed by atoms with Crippen LogP contribution in [0.15, 0.2) is 12.5 Å². The Morgan fingerprint density at radius 2 is 1.66 bits per heavy atom. The lowest BCUT2D eigenvalue weighted by atomic mass is 9.57. The van der Waals surface area contributed by atoms with E-state index in [1.807, 2.05) is 14.5 Å². The van der Waals surface area contributed by atoms with Crippen LogP contribution >= 0.6 is 0 Å². The van der Waals surface area contributed by atoms with Crippen LogP contribution in [0.3, 0.4) is 0 Å². The van der Waals surface area contributed by atoms with Crippen LogP contribution in [0.2, 0.25) is 0 Å². The lowest BCUT2D eigenvalue weighted by Gasteiger charge is -2.63. The van der Waals surface area contributed by atoms with Crippen molar-refractivity contribution in [3.05, 3.63) is 24.0 Å². The first-order valence-electron chi connectivity index (χ1n) is 12.2. The van der Waals surface area contributed by atoms with Gasteiger partial charge in [-0.2, -0.15) is 28.2 Å². The summed E-state index contributed by atoms with van der Waals surface area (Å²) < 4.78 is 39.9. The third-order valence-corrected chi connectivity index (χ3v) is 8.70. The zero-order valence-corrected chi connectivity index (χ0v) is 19.2. The molecule has 0 aromatic carbocycles. The molecule has 7 rings (SSSR count). The normalized spacial score (nSPS) is 26.3. The standard InChI is InChI=1S/C22H27F3N8O2/c23-22(24,25)16-7-27-33(28-16)8-14-3-19(4-14)9-30(10-19)18(34)31-11-20(12-31)5-15(6-20)32-13-26-17(29-32)21(35)1-2-21/h7,13-15,35H,1-6,8-12H2. The molecule has 10 nitrogen and oxygen atoms in total. The Balaban J connectivity index is 0.845. The summed E-state index contributed by atoms with van der Waals surface area (Å²) in [6, 6.07) is 0.377. The van der Waals surface area contributed by atoms with Crippen molar-refractivity contribution < 1.29 is 23.1 Å². The van der Waals surface area contributed by atoms with Gasteiger partial charge >= 0.3 is 12.2 Å². The molecule has 2 aromatic rings. The number of carbonyl (C=O) groups excluding carboxylic acids is 1. The van der Waals surface area contributed by atoms with Gasteiger partial charge in [-0.1, -0.05) is 0 Å². The van der Waals surface area contributed by atoms with Crippen LogP contribution in [0.1, 0.15) is 56.1 Å². The molecular weight excluding hydrogens is 465 g/mol. The highest BCUT2D eigenvalue weighted by Crippen LogP contribution is 2.56. The van der Waals surface area contributed by atoms with Crippen molar-refractivity contribution in [1.82, 2.24) is 39.6 Å². The smallest absolute Gasteiger partial charge is 0.382 e. The molecule has 188 valence electrons. The summed E-state index contributed by atoms with van der Waals surface area (Å²) in [5.41, 5.74) is -1.48. The van der Waals surface area contributed by atoms with Crippen LogP contribution in [-0.2, 0) is 18.3 Å². The number of aromatic nitrogens is 6. The Kier molecular flexibility index (Phi) is 4.15. The van der Waals surface area contributed by atoms with Crippen molar-refractivity contribution >= 4 is 6.03 Å². The van der Waals surface area contributed by atoms with Crippen LogP contribution in [0, 0.1) is 16.7 Å². The van der Waals surface area contributed by atoms with Gasteiger partial charge < -0.3 is 14.9 Å². The van der Waals surface area contributed by atoms with E-state index in [4.69, 9.17) is 0 Å². The van der Waals surface area contributed by atoms with Gasteiger partial charge in [0.15, 0.2) is 11.5 Å². The molecule has 3 saturated carbocycles. The minimum atomic E-state index is -4.47. The van der Waals surface area contributed by atoms with Crippen LogP contribution < -0.4 is 0 Å². The molecule has 5 aliphatic rings. The van der Waals surface area contributed by atoms with E-state index < -0.39 is 17.5 Å². The van der Waals surface area contributed by atoms with Crippen molar-refractivity contribution in [2.75, 3.05) is 26.2 Å². The Morgan fingerprint density at radius 1 is 1.03 bits per heavy atom. The molecule has 0 radical (unpaired) electrons. The van der Waals surface area contributed by atoms with Crippen molar-refractivity contribution in [2.45, 2.75) is 62.9 Å². The number of alkyl halides is 3. The number of nitrogens with zero attached hydrogens (tertiary/aromatic N) is 8. The van der Waals surface area contributed by atoms with Gasteiger partial charge in [-0.25, -0.2) is 14.5 Å². The minimum absolute atomic E-state index is 0.0932. The molecule has 2 spiro atoms. The summed E-state index contributed by atoms with van der Waals surface area (Å²) in [5.74, 6) is 0.776. The van der Waals surface area contributed by atoms with Gasteiger partial charge in [0.1, 0.15) is 11.9 Å². The molecular formula is C22H27F3N8O2. The predicted octanol–water partition coefficient (Wildman–Crippen LogP) is 2.04. The number of likely N-dealkylation sites (tertiary alicyclic amines) is 2. The SMILES string of the molecule is O=C(N1CC2(CC(Cn3ncc(C(F)(F)F)n3)C2)C1)N1CC2(CC(n3cnc(C4(O)CC4)n3)C2)C1. The monoisotopic (exact) mass is 492 g/mol. The Hall–Kier alpha value is -2.70. The summed E-state index contributed by atoms with van der Waals surface area (Å²) in [7, 11) is 0. The lowest BCUT2D eigenvalue weighted by Crippen LogP contribution is -2.71. The summed E-state index contributed by atoms with van der Waals surface area (Å²) in [6.45, 7) is 3.37. The van der Waals surface area contributed by atoms with Crippen LogP contribution in [0.5, 0.6) is 0 Å². The zero-order valence-electron chi connectivity index (χ0n) is 19.2. The first kappa shape index (κ1) is 21.6. The molecule has 5 fully saturated rings. The number of amides is 2. The highest BCUT2D eigenvalue weighted by molar-refractivity contribution is 5.77. The lowest BCUT2D eigenvalue weighted by molar-refractivity contribution is -0.141. The molecule has 0 bridgehead atoms. The van der Waals surface area contributed by atoms with Crippen molar-refractivity contribution in [3.8, 4) is 0 Å². The van der Waals surface area contributed by atoms with Gasteiger partial charge in [-0.15, -0.1) is 5.10 Å². The number of hydrogen-bond acceptors (Lipinski definition) is 6. The maximum atomic E-state index is 12.9. The fraction of sp³-hybridized carbons (Fsp3) is 0.773. The van der Waals surface area contributed by atoms with Crippen molar-refractivity contribution in [1.29, 1.82) is 0 Å². The van der Waals surface area contributed by atoms with E-state index in [-0.39, 0.29) is 28.8 Å². The molecule has 35 heavy (non-hydrogen) atoms. The highest BCUT2D eigenvalue weighted by Gasteiger charge is 2.59. The molecule has 0 unspecified atom stereocenters. The largest absolute Gasteiger partial charge is 0.436 e. The zero-order chi connectivity index (χ0) is 24.2. The second-order valence-electron chi connectivity index (χ2n) is 11.7. The molecule has 2 aliphatic heterocycles. The van der Waals surface area contributed by atoms with E-state index in [9.17, 15) is 23.1 Å². The molecule has 1 N–H and O–H groups in total. The van der Waals surface area contributed by atoms with E-state index >= 15 is 0 Å². The summed E-state index contributed by atoms with van der Waals surface area (Å²) in [6.07, 6.45) is 3.19. The van der Waals surface area contributed by atoms with Gasteiger partial charge in [0.05, 0.1) is 18.8 Å². The first-order valence-corrected chi connectivity index (χ1v) is 12.2. The maximum Gasteiger partial charge on any atom is 0.436 e. The number of carbonyl (C=O) groups is 1. The number of urea groups is 1. The van der Waals surface area contributed by atoms with Crippen LogP contribution in [0.25, 0.3) is 0 Å². The van der Waals surface area contributed by atoms with Crippen LogP contribution in [-0.4, -0.2) is 76.9 Å². The number of rotatable bonds is 4. The third kappa shape index (κ3) is 3.45. The Morgan fingerprint density at radius 3 is 2.23 bits per heavy atom. The van der Waals surface area contributed by atoms with Crippen molar-refractivity contribution in [3.63, 3.8) is 0 Å². The predicted molar refractivity (Wildman–Crippen MR) is 113 cm³/mol. The Bertz CT molecular complexity index is 1160. The summed E-state index contributed by atoms with van der Waals surface area (Å²) >= 11 is 0. The molecule has 2 aromatic heterocycles. The van der Waals surface area contributed by atoms with Crippen molar-refractivity contribution in [2.24, 2.45) is 16.7 Å². The molecule has 2 amide bonds. The average Bonchev–Trinajstić information content (AvgIpc) is 3.10. The number of halogens is 3. The van der Waals surface area contributed by atoms with Gasteiger partial charge in [0.25, 0.3) is 0 Å². The highest BCUT2D eigenvalue weighted by atomic mass is 19.4. The maximum absolute atomic E-state index is 12.9. The summed E-state index contributed by atoms with van der Waals surface area (Å²) in [5, 5.41) is 21.9. The second-order valence-corrected chi connectivity index (χ2v) is 11.7. The number of hydrogen-bond donors (Lipinski definition) is 1. The van der Waals surface area contributed by atoms with Gasteiger partial charge in [0, 0.05) is 37.0 Å². The first-order chi connectivity index (χ1) is 16.5. The molecule has 3 aliphatic carbocycles. The van der Waals surface area contributed by atoms with E-state index in [2.05, 4.69) is 20.3 Å². The summed E-state index contributed by atoms with van der Waals surface area (Å²) in [4.78, 5) is 22.1.